The fourth-order valence-electron chi connectivity index (χ4n) is 6.98. The molecule has 2 aromatic heterocycles. The van der Waals surface area contributed by atoms with E-state index >= 15 is 0 Å². The number of benzene rings is 8. The van der Waals surface area contributed by atoms with Crippen molar-refractivity contribution in [3.05, 3.63) is 152 Å². The van der Waals surface area contributed by atoms with Gasteiger partial charge in [-0.3, -0.25) is 0 Å². The molecule has 10 aromatic rings. The van der Waals surface area contributed by atoms with Gasteiger partial charge >= 0.3 is 266 Å². The standard InChI is InChI=1S/C43H25N3Se/c1-3-10-32-26(8-1)16-18-28-24-30(20-22-34(28)32)41-44-42(31-21-23-35-29(25-31)19-17-27-9-2-4-11-33(27)35)46-43(45-41)38-14-7-13-37-36-12-5-6-15-39(36)47-40(37)38/h1-25H. The maximum atomic E-state index is 5.20. The summed E-state index contributed by atoms with van der Waals surface area (Å²) >= 11 is 0.170. The van der Waals surface area contributed by atoms with Crippen molar-refractivity contribution in [2.24, 2.45) is 0 Å². The first-order valence-electron chi connectivity index (χ1n) is 15.8. The van der Waals surface area contributed by atoms with Gasteiger partial charge in [0.05, 0.1) is 0 Å². The Morgan fingerprint density at radius 2 is 0.830 bits per heavy atom. The van der Waals surface area contributed by atoms with E-state index in [0.29, 0.717) is 17.5 Å². The van der Waals surface area contributed by atoms with Crippen molar-refractivity contribution < 1.29 is 0 Å². The Balaban J connectivity index is 1.21. The molecule has 10 rings (SSSR count). The number of rotatable bonds is 3. The molecule has 3 nitrogen and oxygen atoms in total. The molecule has 0 fully saturated rings. The molecule has 0 radical (unpaired) electrons. The second-order valence-electron chi connectivity index (χ2n) is 12.0. The summed E-state index contributed by atoms with van der Waals surface area (Å²) in [5.74, 6) is 2.08. The second-order valence-corrected chi connectivity index (χ2v) is 14.2. The first kappa shape index (κ1) is 26.5. The van der Waals surface area contributed by atoms with Gasteiger partial charge in [0.15, 0.2) is 0 Å². The predicted molar refractivity (Wildman–Crippen MR) is 198 cm³/mol. The molecule has 47 heavy (non-hydrogen) atoms. The molecule has 0 bridgehead atoms. The second kappa shape index (κ2) is 10.4. The van der Waals surface area contributed by atoms with Crippen molar-refractivity contribution in [3.8, 4) is 34.2 Å². The van der Waals surface area contributed by atoms with Gasteiger partial charge in [-0.25, -0.2) is 0 Å². The van der Waals surface area contributed by atoms with Crippen LogP contribution in [0.5, 0.6) is 0 Å². The zero-order chi connectivity index (χ0) is 30.9. The SMILES string of the molecule is c1ccc2c(c1)ccc1cc(-c3nc(-c4ccc5c(ccc6ccccc65)c4)nc(-c4cccc5c4[se]c4ccccc45)n3)ccc12. The summed E-state index contributed by atoms with van der Waals surface area (Å²) < 4.78 is 2.74. The number of hydrogen-bond acceptors (Lipinski definition) is 3. The molecule has 0 saturated carbocycles. The molecule has 0 aliphatic heterocycles. The van der Waals surface area contributed by atoms with E-state index in [1.807, 2.05) is 0 Å². The maximum absolute atomic E-state index is 5.20. The minimum atomic E-state index is 0.170. The van der Waals surface area contributed by atoms with Gasteiger partial charge in [-0.1, -0.05) is 12.1 Å². The molecule has 0 atom stereocenters. The van der Waals surface area contributed by atoms with E-state index in [4.69, 9.17) is 15.0 Å². The molecule has 0 aliphatic rings. The Hall–Kier alpha value is -5.67. The third-order valence-corrected chi connectivity index (χ3v) is 11.8. The van der Waals surface area contributed by atoms with Crippen molar-refractivity contribution in [3.63, 3.8) is 0 Å². The van der Waals surface area contributed by atoms with Crippen LogP contribution in [-0.4, -0.2) is 29.5 Å². The van der Waals surface area contributed by atoms with Crippen LogP contribution in [0, 0.1) is 0 Å². The molecular weight excluding hydrogens is 637 g/mol. The topological polar surface area (TPSA) is 38.7 Å². The Kier molecular flexibility index (Phi) is 5.89. The van der Waals surface area contributed by atoms with E-state index in [2.05, 4.69) is 152 Å². The fourth-order valence-corrected chi connectivity index (χ4v) is 9.52. The van der Waals surface area contributed by atoms with Crippen molar-refractivity contribution in [1.29, 1.82) is 0 Å². The molecule has 0 saturated heterocycles. The molecule has 2 heterocycles. The van der Waals surface area contributed by atoms with Crippen LogP contribution < -0.4 is 0 Å². The van der Waals surface area contributed by atoms with Gasteiger partial charge in [0.25, 0.3) is 0 Å². The summed E-state index contributed by atoms with van der Waals surface area (Å²) in [5, 5.41) is 12.4. The van der Waals surface area contributed by atoms with Gasteiger partial charge in [0.2, 0.25) is 0 Å². The van der Waals surface area contributed by atoms with Crippen molar-refractivity contribution in [1.82, 2.24) is 15.0 Å². The van der Waals surface area contributed by atoms with Gasteiger partial charge in [-0.15, -0.1) is 0 Å². The Labute approximate surface area is 276 Å². The number of fused-ring (bicyclic) bond motifs is 9. The summed E-state index contributed by atoms with van der Waals surface area (Å²) in [6, 6.07) is 54.3. The van der Waals surface area contributed by atoms with E-state index in [9.17, 15) is 0 Å². The van der Waals surface area contributed by atoms with Crippen molar-refractivity contribution in [2.75, 3.05) is 0 Å². The average molecular weight is 663 g/mol. The first-order chi connectivity index (χ1) is 23.3. The van der Waals surface area contributed by atoms with Crippen LogP contribution in [0.15, 0.2) is 152 Å². The summed E-state index contributed by atoms with van der Waals surface area (Å²) in [6.07, 6.45) is 0. The van der Waals surface area contributed by atoms with Crippen LogP contribution in [-0.2, 0) is 0 Å². The summed E-state index contributed by atoms with van der Waals surface area (Å²) in [6.45, 7) is 0. The first-order valence-corrected chi connectivity index (χ1v) is 17.5. The van der Waals surface area contributed by atoms with E-state index in [-0.39, 0.29) is 14.5 Å². The quantitative estimate of drug-likeness (QED) is 0.140. The molecule has 218 valence electrons. The molecule has 4 heteroatoms. The van der Waals surface area contributed by atoms with Crippen LogP contribution in [0.25, 0.3) is 96.5 Å². The van der Waals surface area contributed by atoms with Gasteiger partial charge in [-0.2, -0.15) is 0 Å². The molecule has 0 spiro atoms. The average Bonchev–Trinajstić information content (AvgIpc) is 3.53. The van der Waals surface area contributed by atoms with E-state index < -0.39 is 0 Å². The van der Waals surface area contributed by atoms with Crippen molar-refractivity contribution >= 4 is 76.9 Å². The number of nitrogens with zero attached hydrogens (tertiary/aromatic N) is 3. The third-order valence-electron chi connectivity index (χ3n) is 9.29. The van der Waals surface area contributed by atoms with E-state index in [1.165, 1.54) is 62.4 Å². The van der Waals surface area contributed by atoms with Crippen LogP contribution in [0.2, 0.25) is 0 Å². The zero-order valence-corrected chi connectivity index (χ0v) is 26.9. The third kappa shape index (κ3) is 4.30. The zero-order valence-electron chi connectivity index (χ0n) is 25.2. The minimum absolute atomic E-state index is 0.170. The Morgan fingerprint density at radius 3 is 1.47 bits per heavy atom. The van der Waals surface area contributed by atoms with Gasteiger partial charge in [0.1, 0.15) is 0 Å². The van der Waals surface area contributed by atoms with Crippen LogP contribution in [0.1, 0.15) is 0 Å². The van der Waals surface area contributed by atoms with Crippen LogP contribution in [0.3, 0.4) is 0 Å². The number of aromatic nitrogens is 3. The van der Waals surface area contributed by atoms with Crippen LogP contribution >= 0.6 is 0 Å². The monoisotopic (exact) mass is 663 g/mol. The van der Waals surface area contributed by atoms with Gasteiger partial charge in [0, 0.05) is 0 Å². The van der Waals surface area contributed by atoms with E-state index in [0.717, 1.165) is 16.7 Å². The van der Waals surface area contributed by atoms with E-state index in [1.54, 1.807) is 0 Å². The number of hydrogen-bond donors (Lipinski definition) is 0. The summed E-state index contributed by atoms with van der Waals surface area (Å²) in [5.41, 5.74) is 3.04. The summed E-state index contributed by atoms with van der Waals surface area (Å²) in [7, 11) is 0. The van der Waals surface area contributed by atoms with Gasteiger partial charge in [-0.05, 0) is 0 Å². The molecule has 8 aromatic carbocycles. The fraction of sp³-hybridized carbons (Fsp3) is 0. The van der Waals surface area contributed by atoms with Crippen LogP contribution in [0.4, 0.5) is 0 Å². The Morgan fingerprint density at radius 1 is 0.340 bits per heavy atom. The molecule has 0 unspecified atom stereocenters. The van der Waals surface area contributed by atoms with Gasteiger partial charge < -0.3 is 0 Å². The summed E-state index contributed by atoms with van der Waals surface area (Å²) in [4.78, 5) is 15.6. The molecular formula is C43H25N3Se. The molecule has 0 aliphatic carbocycles. The molecule has 0 amide bonds. The normalized spacial score (nSPS) is 11.8. The van der Waals surface area contributed by atoms with Crippen molar-refractivity contribution in [2.45, 2.75) is 0 Å². The Bertz CT molecular complexity index is 2730. The molecule has 0 N–H and O–H groups in total. The predicted octanol–water partition coefficient (Wildman–Crippen LogP) is 10.8.